The van der Waals surface area contributed by atoms with E-state index in [1.807, 2.05) is 48.5 Å². The molecule has 0 aliphatic heterocycles. The molecule has 128 valence electrons. The Labute approximate surface area is 159 Å². The molecule has 0 unspecified atom stereocenters. The van der Waals surface area contributed by atoms with Gasteiger partial charge in [0.1, 0.15) is 11.6 Å². The molecule has 0 amide bonds. The summed E-state index contributed by atoms with van der Waals surface area (Å²) in [6, 6.07) is 22.5. The number of hydrogen-bond donors (Lipinski definition) is 0. The summed E-state index contributed by atoms with van der Waals surface area (Å²) in [5.41, 5.74) is 4.12. The molecule has 0 saturated carbocycles. The first-order valence-corrected chi connectivity index (χ1v) is 8.94. The molecule has 4 aromatic rings. The summed E-state index contributed by atoms with van der Waals surface area (Å²) in [5.74, 6) is 0.361. The van der Waals surface area contributed by atoms with Crippen molar-refractivity contribution in [3.63, 3.8) is 0 Å². The molecule has 0 N–H and O–H groups in total. The Morgan fingerprint density at radius 3 is 2.35 bits per heavy atom. The van der Waals surface area contributed by atoms with E-state index in [-0.39, 0.29) is 5.82 Å². The number of pyridine rings is 1. The summed E-state index contributed by atoms with van der Waals surface area (Å²) in [4.78, 5) is 4.73. The van der Waals surface area contributed by atoms with Crippen molar-refractivity contribution in [2.75, 3.05) is 7.11 Å². The molecule has 4 rings (SSSR count). The molecule has 0 spiro atoms. The zero-order valence-electron chi connectivity index (χ0n) is 14.0. The fourth-order valence-corrected chi connectivity index (χ4v) is 3.27. The van der Waals surface area contributed by atoms with Crippen molar-refractivity contribution in [3.05, 3.63) is 83.1 Å². The monoisotopic (exact) mass is 407 g/mol. The maximum absolute atomic E-state index is 14.2. The second kappa shape index (κ2) is 6.89. The first-order valence-electron chi connectivity index (χ1n) is 8.15. The van der Waals surface area contributed by atoms with Crippen LogP contribution < -0.4 is 4.74 Å². The maximum Gasteiger partial charge on any atom is 0.131 e. The number of benzene rings is 3. The number of nitrogens with zero attached hydrogens (tertiary/aromatic N) is 1. The molecule has 2 nitrogen and oxygen atoms in total. The van der Waals surface area contributed by atoms with Gasteiger partial charge >= 0.3 is 0 Å². The summed E-state index contributed by atoms with van der Waals surface area (Å²) < 4.78 is 20.3. The third kappa shape index (κ3) is 3.20. The van der Waals surface area contributed by atoms with Crippen molar-refractivity contribution in [1.82, 2.24) is 4.98 Å². The van der Waals surface area contributed by atoms with E-state index in [4.69, 9.17) is 9.72 Å². The van der Waals surface area contributed by atoms with Crippen molar-refractivity contribution in [2.24, 2.45) is 0 Å². The van der Waals surface area contributed by atoms with Crippen LogP contribution in [-0.4, -0.2) is 12.1 Å². The largest absolute Gasteiger partial charge is 0.497 e. The minimum atomic E-state index is -0.271. The molecule has 0 aliphatic rings. The van der Waals surface area contributed by atoms with Gasteiger partial charge in [-0.1, -0.05) is 52.3 Å². The smallest absolute Gasteiger partial charge is 0.131 e. The molecule has 1 heterocycles. The van der Waals surface area contributed by atoms with Gasteiger partial charge in [0.2, 0.25) is 0 Å². The van der Waals surface area contributed by atoms with Crippen LogP contribution in [0.15, 0.2) is 77.3 Å². The Bertz CT molecular complexity index is 1090. The minimum Gasteiger partial charge on any atom is -0.497 e. The highest BCUT2D eigenvalue weighted by molar-refractivity contribution is 9.10. The highest BCUT2D eigenvalue weighted by Crippen LogP contribution is 2.29. The number of halogens is 2. The van der Waals surface area contributed by atoms with E-state index < -0.39 is 0 Å². The third-order valence-corrected chi connectivity index (χ3v) is 4.81. The van der Waals surface area contributed by atoms with Crippen LogP contribution in [0.5, 0.6) is 5.75 Å². The molecule has 0 bridgehead atoms. The number of rotatable bonds is 3. The van der Waals surface area contributed by atoms with Crippen molar-refractivity contribution in [3.8, 4) is 28.1 Å². The van der Waals surface area contributed by atoms with Crippen LogP contribution in [0.3, 0.4) is 0 Å². The number of aromatic nitrogens is 1. The van der Waals surface area contributed by atoms with E-state index in [0.717, 1.165) is 32.2 Å². The van der Waals surface area contributed by atoms with Gasteiger partial charge in [-0.15, -0.1) is 0 Å². The standard InChI is InChI=1S/C22H15BrFNO/c1-26-18-9-10-20(24)19(13-18)14-2-4-15(5-3-14)21-11-7-16-6-8-17(23)12-22(16)25-21/h2-13H,1H3. The molecule has 3 aromatic carbocycles. The van der Waals surface area contributed by atoms with Crippen LogP contribution in [-0.2, 0) is 0 Å². The molecule has 0 fully saturated rings. The predicted molar refractivity (Wildman–Crippen MR) is 107 cm³/mol. The lowest BCUT2D eigenvalue weighted by Gasteiger charge is -2.08. The van der Waals surface area contributed by atoms with E-state index in [1.54, 1.807) is 19.2 Å². The Morgan fingerprint density at radius 1 is 0.846 bits per heavy atom. The van der Waals surface area contributed by atoms with Gasteiger partial charge in [0, 0.05) is 21.0 Å². The van der Waals surface area contributed by atoms with Crippen molar-refractivity contribution in [2.45, 2.75) is 0 Å². The van der Waals surface area contributed by atoms with Crippen LogP contribution in [0.1, 0.15) is 0 Å². The molecule has 1 aromatic heterocycles. The Hall–Kier alpha value is -2.72. The summed E-state index contributed by atoms with van der Waals surface area (Å²) >= 11 is 3.48. The average molecular weight is 408 g/mol. The lowest BCUT2D eigenvalue weighted by atomic mass is 10.0. The second-order valence-electron chi connectivity index (χ2n) is 5.96. The van der Waals surface area contributed by atoms with Gasteiger partial charge in [0.05, 0.1) is 18.3 Å². The van der Waals surface area contributed by atoms with E-state index in [0.29, 0.717) is 11.3 Å². The number of hydrogen-bond acceptors (Lipinski definition) is 2. The van der Waals surface area contributed by atoms with E-state index in [9.17, 15) is 4.39 Å². The van der Waals surface area contributed by atoms with Crippen molar-refractivity contribution >= 4 is 26.8 Å². The lowest BCUT2D eigenvalue weighted by Crippen LogP contribution is -1.89. The van der Waals surface area contributed by atoms with Gasteiger partial charge < -0.3 is 4.74 Å². The Kier molecular flexibility index (Phi) is 4.43. The molecule has 26 heavy (non-hydrogen) atoms. The molecule has 0 saturated heterocycles. The summed E-state index contributed by atoms with van der Waals surface area (Å²) in [6.07, 6.45) is 0. The molecule has 0 atom stereocenters. The molecule has 0 aliphatic carbocycles. The lowest BCUT2D eigenvalue weighted by molar-refractivity contribution is 0.414. The van der Waals surface area contributed by atoms with Crippen LogP contribution in [0.2, 0.25) is 0 Å². The second-order valence-corrected chi connectivity index (χ2v) is 6.87. The van der Waals surface area contributed by atoms with Crippen molar-refractivity contribution in [1.29, 1.82) is 0 Å². The van der Waals surface area contributed by atoms with Crippen LogP contribution in [0.4, 0.5) is 4.39 Å². The normalized spacial score (nSPS) is 10.9. The third-order valence-electron chi connectivity index (χ3n) is 4.32. The van der Waals surface area contributed by atoms with Gasteiger partial charge in [-0.25, -0.2) is 9.37 Å². The van der Waals surface area contributed by atoms with Gasteiger partial charge in [-0.2, -0.15) is 0 Å². The topological polar surface area (TPSA) is 22.1 Å². The highest BCUT2D eigenvalue weighted by atomic mass is 79.9. The minimum absolute atomic E-state index is 0.271. The number of ether oxygens (including phenoxy) is 1. The van der Waals surface area contributed by atoms with Gasteiger partial charge in [0.15, 0.2) is 0 Å². The van der Waals surface area contributed by atoms with Gasteiger partial charge in [-0.3, -0.25) is 0 Å². The molecular formula is C22H15BrFNO. The zero-order valence-corrected chi connectivity index (χ0v) is 15.6. The van der Waals surface area contributed by atoms with Gasteiger partial charge in [-0.05, 0) is 42.0 Å². The van der Waals surface area contributed by atoms with Gasteiger partial charge in [0.25, 0.3) is 0 Å². The molecular weight excluding hydrogens is 393 g/mol. The SMILES string of the molecule is COc1ccc(F)c(-c2ccc(-c3ccc4ccc(Br)cc4n3)cc2)c1. The zero-order chi connectivity index (χ0) is 18.1. The highest BCUT2D eigenvalue weighted by Gasteiger charge is 2.08. The van der Waals surface area contributed by atoms with Crippen LogP contribution in [0.25, 0.3) is 33.3 Å². The number of methoxy groups -OCH3 is 1. The maximum atomic E-state index is 14.2. The van der Waals surface area contributed by atoms with E-state index >= 15 is 0 Å². The molecule has 4 heteroatoms. The van der Waals surface area contributed by atoms with E-state index in [1.165, 1.54) is 6.07 Å². The van der Waals surface area contributed by atoms with E-state index in [2.05, 4.69) is 22.0 Å². The summed E-state index contributed by atoms with van der Waals surface area (Å²) in [6.45, 7) is 0. The van der Waals surface area contributed by atoms with Crippen LogP contribution in [0, 0.1) is 5.82 Å². The number of fused-ring (bicyclic) bond motifs is 1. The quantitative estimate of drug-likeness (QED) is 0.387. The summed E-state index contributed by atoms with van der Waals surface area (Å²) in [7, 11) is 1.57. The Morgan fingerprint density at radius 2 is 1.58 bits per heavy atom. The average Bonchev–Trinajstić information content (AvgIpc) is 2.68. The first-order chi connectivity index (χ1) is 12.6. The summed E-state index contributed by atoms with van der Waals surface area (Å²) in [5, 5.41) is 1.09. The fourth-order valence-electron chi connectivity index (χ4n) is 2.92. The molecule has 0 radical (unpaired) electrons. The fraction of sp³-hybridized carbons (Fsp3) is 0.0455. The van der Waals surface area contributed by atoms with Crippen LogP contribution >= 0.6 is 15.9 Å². The predicted octanol–water partition coefficient (Wildman–Crippen LogP) is 6.48. The Balaban J connectivity index is 1.72. The first kappa shape index (κ1) is 16.7. The van der Waals surface area contributed by atoms with Crippen molar-refractivity contribution < 1.29 is 9.13 Å².